The maximum atomic E-state index is 12.8. The first-order chi connectivity index (χ1) is 16.9. The van der Waals surface area contributed by atoms with Gasteiger partial charge in [0.1, 0.15) is 11.6 Å². The number of allylic oxidation sites excluding steroid dienone is 1. The number of carbonyl (C=O) groups excluding carboxylic acids is 1. The number of thioether (sulfide) groups is 1. The highest BCUT2D eigenvalue weighted by Gasteiger charge is 2.21. The van der Waals surface area contributed by atoms with Gasteiger partial charge in [-0.05, 0) is 36.2 Å². The van der Waals surface area contributed by atoms with E-state index in [1.165, 1.54) is 11.8 Å². The molecule has 0 unspecified atom stereocenters. The lowest BCUT2D eigenvalue weighted by molar-refractivity contribution is -0.118. The number of nitrogens with one attached hydrogen (secondary N) is 1. The van der Waals surface area contributed by atoms with Crippen LogP contribution in [0.15, 0.2) is 71.2 Å². The smallest absolute Gasteiger partial charge is 0.230 e. The predicted octanol–water partition coefficient (Wildman–Crippen LogP) is 2.91. The van der Waals surface area contributed by atoms with Gasteiger partial charge in [-0.15, -0.1) is 16.8 Å². The first kappa shape index (κ1) is 26.3. The molecule has 0 atom stereocenters. The summed E-state index contributed by atoms with van der Waals surface area (Å²) in [4.78, 5) is 12.6. The van der Waals surface area contributed by atoms with Crippen molar-refractivity contribution >= 4 is 27.5 Å². The largest absolute Gasteiger partial charge is 0.493 e. The zero-order valence-corrected chi connectivity index (χ0v) is 21.3. The molecule has 0 aliphatic carbocycles. The van der Waals surface area contributed by atoms with E-state index in [9.17, 15) is 13.2 Å². The number of nitrogens with zero attached hydrogens (tertiary/aromatic N) is 3. The zero-order chi connectivity index (χ0) is 25.3. The number of methoxy groups -OCH3 is 2. The third kappa shape index (κ3) is 7.09. The van der Waals surface area contributed by atoms with Crippen molar-refractivity contribution in [3.8, 4) is 11.5 Å². The average molecular weight is 517 g/mol. The number of rotatable bonds is 13. The second kappa shape index (κ2) is 12.4. The Labute approximate surface area is 209 Å². The molecular weight excluding hydrogens is 488 g/mol. The molecule has 1 amide bonds. The highest BCUT2D eigenvalue weighted by atomic mass is 32.2. The second-order valence-electron chi connectivity index (χ2n) is 7.45. The number of hydrogen-bond donors (Lipinski definition) is 1. The van der Waals surface area contributed by atoms with E-state index in [2.05, 4.69) is 22.1 Å². The highest BCUT2D eigenvalue weighted by Crippen LogP contribution is 2.27. The van der Waals surface area contributed by atoms with E-state index in [1.807, 2.05) is 18.2 Å². The van der Waals surface area contributed by atoms with Gasteiger partial charge in [0.05, 0.1) is 24.9 Å². The molecule has 2 aromatic carbocycles. The lowest BCUT2D eigenvalue weighted by Gasteiger charge is -2.10. The molecule has 3 rings (SSSR count). The fourth-order valence-electron chi connectivity index (χ4n) is 3.29. The Hall–Kier alpha value is -3.31. The van der Waals surface area contributed by atoms with E-state index in [0.29, 0.717) is 42.0 Å². The molecule has 186 valence electrons. The first-order valence-electron chi connectivity index (χ1n) is 10.8. The predicted molar refractivity (Wildman–Crippen MR) is 135 cm³/mol. The number of ether oxygens (including phenoxy) is 2. The fourth-order valence-corrected chi connectivity index (χ4v) is 5.38. The second-order valence-corrected chi connectivity index (χ2v) is 10.4. The number of benzene rings is 2. The Morgan fingerprint density at radius 3 is 2.54 bits per heavy atom. The molecule has 0 spiro atoms. The van der Waals surface area contributed by atoms with Crippen LogP contribution in [-0.4, -0.2) is 55.6 Å². The van der Waals surface area contributed by atoms with Crippen molar-refractivity contribution in [2.24, 2.45) is 0 Å². The lowest BCUT2D eigenvalue weighted by Crippen LogP contribution is -2.27. The van der Waals surface area contributed by atoms with Gasteiger partial charge in [0.15, 0.2) is 26.5 Å². The van der Waals surface area contributed by atoms with Crippen LogP contribution >= 0.6 is 11.8 Å². The molecule has 0 bridgehead atoms. The van der Waals surface area contributed by atoms with Gasteiger partial charge in [-0.2, -0.15) is 0 Å². The maximum absolute atomic E-state index is 12.8. The molecule has 0 fully saturated rings. The van der Waals surface area contributed by atoms with Crippen molar-refractivity contribution in [1.29, 1.82) is 0 Å². The number of hydrogen-bond acceptors (Lipinski definition) is 8. The number of aromatic nitrogens is 3. The van der Waals surface area contributed by atoms with Gasteiger partial charge in [0.2, 0.25) is 5.91 Å². The first-order valence-corrected chi connectivity index (χ1v) is 13.4. The van der Waals surface area contributed by atoms with Crippen molar-refractivity contribution in [3.63, 3.8) is 0 Å². The van der Waals surface area contributed by atoms with E-state index in [0.717, 1.165) is 5.56 Å². The average Bonchev–Trinajstić information content (AvgIpc) is 3.23. The van der Waals surface area contributed by atoms with Crippen LogP contribution in [0.2, 0.25) is 0 Å². The minimum Gasteiger partial charge on any atom is -0.493 e. The van der Waals surface area contributed by atoms with Crippen molar-refractivity contribution < 1.29 is 22.7 Å². The standard InChI is InChI=1S/C24H28N4O5S2/c1-4-14-28-22(17-35(30,31)19-8-6-5-7-9-19)26-27-24(28)34-16-23(29)25-13-12-18-10-11-20(32-2)21(15-18)33-3/h4-11,15H,1,12-14,16-17H2,2-3H3,(H,25,29). The number of sulfone groups is 1. The summed E-state index contributed by atoms with van der Waals surface area (Å²) < 4.78 is 37.7. The van der Waals surface area contributed by atoms with E-state index < -0.39 is 9.84 Å². The van der Waals surface area contributed by atoms with Crippen molar-refractivity contribution in [1.82, 2.24) is 20.1 Å². The van der Waals surface area contributed by atoms with Crippen LogP contribution in [0.1, 0.15) is 11.4 Å². The van der Waals surface area contributed by atoms with Gasteiger partial charge in [0.25, 0.3) is 0 Å². The normalized spacial score (nSPS) is 11.1. The molecular formula is C24H28N4O5S2. The van der Waals surface area contributed by atoms with Crippen molar-refractivity contribution in [2.45, 2.75) is 28.8 Å². The minimum atomic E-state index is -3.58. The van der Waals surface area contributed by atoms with Crippen LogP contribution < -0.4 is 14.8 Å². The quantitative estimate of drug-likeness (QED) is 0.273. The number of carbonyl (C=O) groups is 1. The van der Waals surface area contributed by atoms with Crippen LogP contribution in [0.3, 0.4) is 0 Å². The van der Waals surface area contributed by atoms with Gasteiger partial charge in [-0.25, -0.2) is 8.42 Å². The molecule has 3 aromatic rings. The summed E-state index contributed by atoms with van der Waals surface area (Å²) in [5.41, 5.74) is 1.01. The molecule has 11 heteroatoms. The Balaban J connectivity index is 1.57. The minimum absolute atomic E-state index is 0.118. The van der Waals surface area contributed by atoms with Gasteiger partial charge in [0, 0.05) is 13.1 Å². The molecule has 1 aromatic heterocycles. The molecule has 9 nitrogen and oxygen atoms in total. The van der Waals surface area contributed by atoms with Crippen LogP contribution in [0.4, 0.5) is 0 Å². The SMILES string of the molecule is C=CCn1c(CS(=O)(=O)c2ccccc2)nnc1SCC(=O)NCCc1ccc(OC)c(OC)c1. The number of amides is 1. The molecule has 1 N–H and O–H groups in total. The van der Waals surface area contributed by atoms with Crippen LogP contribution in [0, 0.1) is 0 Å². The van der Waals surface area contributed by atoms with Gasteiger partial charge >= 0.3 is 0 Å². The van der Waals surface area contributed by atoms with E-state index in [4.69, 9.17) is 9.47 Å². The molecule has 35 heavy (non-hydrogen) atoms. The maximum Gasteiger partial charge on any atom is 0.230 e. The third-order valence-corrected chi connectivity index (χ3v) is 7.64. The summed E-state index contributed by atoms with van der Waals surface area (Å²) in [6, 6.07) is 13.8. The van der Waals surface area contributed by atoms with Gasteiger partial charge in [-0.1, -0.05) is 42.1 Å². The van der Waals surface area contributed by atoms with E-state index in [-0.39, 0.29) is 22.3 Å². The van der Waals surface area contributed by atoms with Crippen LogP contribution in [-0.2, 0) is 33.4 Å². The van der Waals surface area contributed by atoms with E-state index in [1.54, 1.807) is 55.2 Å². The van der Waals surface area contributed by atoms with Crippen LogP contribution in [0.5, 0.6) is 11.5 Å². The highest BCUT2D eigenvalue weighted by molar-refractivity contribution is 7.99. The van der Waals surface area contributed by atoms with Crippen LogP contribution in [0.25, 0.3) is 0 Å². The Morgan fingerprint density at radius 1 is 1.11 bits per heavy atom. The lowest BCUT2D eigenvalue weighted by atomic mass is 10.1. The fraction of sp³-hybridized carbons (Fsp3) is 0.292. The summed E-state index contributed by atoms with van der Waals surface area (Å²) in [5.74, 6) is 1.24. The summed E-state index contributed by atoms with van der Waals surface area (Å²) >= 11 is 1.19. The monoisotopic (exact) mass is 516 g/mol. The summed E-state index contributed by atoms with van der Waals surface area (Å²) in [6.07, 6.45) is 2.26. The topological polar surface area (TPSA) is 112 Å². The zero-order valence-electron chi connectivity index (χ0n) is 19.6. The summed E-state index contributed by atoms with van der Waals surface area (Å²) in [6.45, 7) is 4.51. The molecule has 0 saturated heterocycles. The van der Waals surface area contributed by atoms with E-state index >= 15 is 0 Å². The Bertz CT molecular complexity index is 1260. The summed E-state index contributed by atoms with van der Waals surface area (Å²) in [7, 11) is -0.426. The van der Waals surface area contributed by atoms with Gasteiger partial charge in [-0.3, -0.25) is 4.79 Å². The molecule has 1 heterocycles. The van der Waals surface area contributed by atoms with Crippen molar-refractivity contribution in [3.05, 3.63) is 72.6 Å². The van der Waals surface area contributed by atoms with Crippen molar-refractivity contribution in [2.75, 3.05) is 26.5 Å². The molecule has 0 radical (unpaired) electrons. The third-order valence-electron chi connectivity index (χ3n) is 5.04. The summed E-state index contributed by atoms with van der Waals surface area (Å²) in [5, 5.41) is 11.5. The molecule has 0 saturated carbocycles. The van der Waals surface area contributed by atoms with Gasteiger partial charge < -0.3 is 19.4 Å². The Morgan fingerprint density at radius 2 is 1.86 bits per heavy atom. The molecule has 0 aliphatic heterocycles. The molecule has 0 aliphatic rings. The Kier molecular flexibility index (Phi) is 9.32.